The maximum absolute atomic E-state index is 13.6. The van der Waals surface area contributed by atoms with Gasteiger partial charge in [0, 0.05) is 27.8 Å². The van der Waals surface area contributed by atoms with E-state index >= 15 is 0 Å². The van der Waals surface area contributed by atoms with Crippen molar-refractivity contribution in [2.75, 3.05) is 11.1 Å². The summed E-state index contributed by atoms with van der Waals surface area (Å²) in [6, 6.07) is 7.57. The molecule has 1 atom stereocenters. The standard InChI is InChI=1S/C28H25F2N7OS/c1-15(2)23-13-33-27(25(37-23)28(38)34-11-16-3-6-20(29)21(30)9-16)32-12-18-5-8-24(39-18)17-4-7-22-19(10-17)26(31)36-14-35-22/h3-9,13-14,17H,1,10-12H2,2H3,(H,32,33)(H,34,38)(H2,31,35,36)/t17-/m1/s1. The Morgan fingerprint density at radius 2 is 2.00 bits per heavy atom. The smallest absolute Gasteiger partial charge is 0.274 e. The van der Waals surface area contributed by atoms with Gasteiger partial charge in [-0.2, -0.15) is 0 Å². The third-order valence-electron chi connectivity index (χ3n) is 6.26. The number of nitrogens with zero attached hydrogens (tertiary/aromatic N) is 4. The van der Waals surface area contributed by atoms with Gasteiger partial charge in [0.05, 0.1) is 24.1 Å². The third kappa shape index (κ3) is 5.83. The first-order valence-corrected chi connectivity index (χ1v) is 12.9. The molecule has 39 heavy (non-hydrogen) atoms. The van der Waals surface area contributed by atoms with Gasteiger partial charge in [0.25, 0.3) is 5.91 Å². The lowest BCUT2D eigenvalue weighted by molar-refractivity contribution is 0.0946. The van der Waals surface area contributed by atoms with Gasteiger partial charge in [0.1, 0.15) is 12.1 Å². The summed E-state index contributed by atoms with van der Waals surface area (Å²) in [5.41, 5.74) is 9.49. The highest BCUT2D eigenvalue weighted by Crippen LogP contribution is 2.35. The van der Waals surface area contributed by atoms with Crippen molar-refractivity contribution < 1.29 is 13.6 Å². The van der Waals surface area contributed by atoms with E-state index in [1.165, 1.54) is 17.3 Å². The third-order valence-corrected chi connectivity index (χ3v) is 7.48. The number of anilines is 2. The van der Waals surface area contributed by atoms with E-state index in [-0.39, 0.29) is 18.2 Å². The molecule has 0 fully saturated rings. The van der Waals surface area contributed by atoms with E-state index in [9.17, 15) is 13.6 Å². The van der Waals surface area contributed by atoms with Gasteiger partial charge in [-0.3, -0.25) is 4.79 Å². The predicted molar refractivity (Wildman–Crippen MR) is 148 cm³/mol. The maximum Gasteiger partial charge on any atom is 0.274 e. The molecular weight excluding hydrogens is 520 g/mol. The van der Waals surface area contributed by atoms with Gasteiger partial charge in [-0.1, -0.05) is 18.7 Å². The molecule has 1 aromatic carbocycles. The molecule has 3 aromatic heterocycles. The SMILES string of the molecule is C=C(C)c1cnc(NCc2ccc([C@@H]3C=Cc4ncnc(N)c4C3)s2)c(C(=O)NCc2ccc(F)c(F)c2)n1. The number of hydrogen-bond donors (Lipinski definition) is 3. The van der Waals surface area contributed by atoms with E-state index in [1.54, 1.807) is 24.5 Å². The number of halogens is 2. The number of nitrogens with one attached hydrogen (secondary N) is 2. The summed E-state index contributed by atoms with van der Waals surface area (Å²) in [5.74, 6) is -1.47. The first kappa shape index (κ1) is 26.1. The first-order chi connectivity index (χ1) is 18.8. The van der Waals surface area contributed by atoms with E-state index in [1.807, 2.05) is 12.1 Å². The van der Waals surface area contributed by atoms with Crippen LogP contribution in [0.15, 0.2) is 55.5 Å². The van der Waals surface area contributed by atoms with E-state index < -0.39 is 17.5 Å². The lowest BCUT2D eigenvalue weighted by Gasteiger charge is -2.18. The van der Waals surface area contributed by atoms with Crippen LogP contribution >= 0.6 is 11.3 Å². The zero-order valence-electron chi connectivity index (χ0n) is 21.0. The Kier molecular flexibility index (Phi) is 7.42. The van der Waals surface area contributed by atoms with Crippen LogP contribution in [0.2, 0.25) is 0 Å². The predicted octanol–water partition coefficient (Wildman–Crippen LogP) is 5.12. The monoisotopic (exact) mass is 545 g/mol. The Balaban J connectivity index is 1.29. The fraction of sp³-hybridized carbons (Fsp3) is 0.179. The number of thiophene rings is 1. The zero-order chi connectivity index (χ0) is 27.5. The van der Waals surface area contributed by atoms with Crippen molar-refractivity contribution in [2.45, 2.75) is 32.4 Å². The van der Waals surface area contributed by atoms with Crippen LogP contribution in [0.25, 0.3) is 11.6 Å². The molecule has 11 heteroatoms. The summed E-state index contributed by atoms with van der Waals surface area (Å²) in [7, 11) is 0. The van der Waals surface area contributed by atoms with Crippen molar-refractivity contribution >= 4 is 40.5 Å². The summed E-state index contributed by atoms with van der Waals surface area (Å²) in [4.78, 5) is 32.5. The first-order valence-electron chi connectivity index (χ1n) is 12.1. The van der Waals surface area contributed by atoms with Gasteiger partial charge in [-0.05, 0) is 54.8 Å². The van der Waals surface area contributed by atoms with Crippen molar-refractivity contribution in [3.63, 3.8) is 0 Å². The van der Waals surface area contributed by atoms with Gasteiger partial charge in [-0.25, -0.2) is 28.7 Å². The molecule has 1 aliphatic carbocycles. The lowest BCUT2D eigenvalue weighted by Crippen LogP contribution is -2.26. The summed E-state index contributed by atoms with van der Waals surface area (Å²) in [6.07, 6.45) is 7.84. The second-order valence-corrected chi connectivity index (χ2v) is 10.3. The van der Waals surface area contributed by atoms with Crippen LogP contribution in [0, 0.1) is 11.6 Å². The molecule has 8 nitrogen and oxygen atoms in total. The number of nitrogens with two attached hydrogens (primary N) is 1. The summed E-state index contributed by atoms with van der Waals surface area (Å²) in [5, 5.41) is 5.91. The summed E-state index contributed by atoms with van der Waals surface area (Å²) in [6.45, 7) is 6.07. The molecule has 1 aliphatic rings. The van der Waals surface area contributed by atoms with Crippen LogP contribution in [0.4, 0.5) is 20.4 Å². The molecule has 4 N–H and O–H groups in total. The number of hydrogen-bond acceptors (Lipinski definition) is 8. The molecule has 3 heterocycles. The minimum absolute atomic E-state index is 0.00364. The molecule has 5 rings (SSSR count). The second-order valence-electron chi connectivity index (χ2n) is 9.11. The highest BCUT2D eigenvalue weighted by atomic mass is 32.1. The minimum Gasteiger partial charge on any atom is -0.383 e. The van der Waals surface area contributed by atoms with Gasteiger partial charge < -0.3 is 16.4 Å². The molecule has 1 amide bonds. The molecule has 4 aromatic rings. The largest absolute Gasteiger partial charge is 0.383 e. The van der Waals surface area contributed by atoms with Crippen molar-refractivity contribution in [1.82, 2.24) is 25.3 Å². The summed E-state index contributed by atoms with van der Waals surface area (Å²) < 4.78 is 26.8. The molecule has 0 aliphatic heterocycles. The number of benzene rings is 1. The quantitative estimate of drug-likeness (QED) is 0.281. The fourth-order valence-corrected chi connectivity index (χ4v) is 5.17. The number of carbonyl (C=O) groups is 1. The van der Waals surface area contributed by atoms with Gasteiger partial charge in [0.2, 0.25) is 0 Å². The highest BCUT2D eigenvalue weighted by molar-refractivity contribution is 7.12. The van der Waals surface area contributed by atoms with Gasteiger partial charge in [0.15, 0.2) is 23.1 Å². The number of allylic oxidation sites excluding steroid dienone is 2. The molecule has 0 radical (unpaired) electrons. The molecule has 0 unspecified atom stereocenters. The number of aromatic nitrogens is 4. The van der Waals surface area contributed by atoms with E-state index in [0.717, 1.165) is 34.7 Å². The lowest BCUT2D eigenvalue weighted by atomic mass is 9.91. The number of carbonyl (C=O) groups excluding carboxylic acids is 1. The Labute approximate surface area is 227 Å². The molecule has 0 bridgehead atoms. The van der Waals surface area contributed by atoms with Crippen LogP contribution in [0.3, 0.4) is 0 Å². The molecule has 0 saturated heterocycles. The van der Waals surface area contributed by atoms with Crippen LogP contribution in [-0.2, 0) is 19.5 Å². The number of nitrogen functional groups attached to an aromatic ring is 1. The van der Waals surface area contributed by atoms with Crippen molar-refractivity contribution in [1.29, 1.82) is 0 Å². The number of rotatable bonds is 8. The van der Waals surface area contributed by atoms with Crippen LogP contribution in [0.5, 0.6) is 0 Å². The number of fused-ring (bicyclic) bond motifs is 1. The van der Waals surface area contributed by atoms with Gasteiger partial charge in [-0.15, -0.1) is 11.3 Å². The topological polar surface area (TPSA) is 119 Å². The summed E-state index contributed by atoms with van der Waals surface area (Å²) >= 11 is 1.65. The molecule has 0 spiro atoms. The maximum atomic E-state index is 13.6. The van der Waals surface area contributed by atoms with Gasteiger partial charge >= 0.3 is 0 Å². The van der Waals surface area contributed by atoms with Crippen molar-refractivity contribution in [2.24, 2.45) is 0 Å². The normalized spacial score (nSPS) is 14.1. The fourth-order valence-electron chi connectivity index (χ4n) is 4.14. The Bertz CT molecular complexity index is 1600. The molecule has 198 valence electrons. The van der Waals surface area contributed by atoms with E-state index in [0.29, 0.717) is 35.0 Å². The second kappa shape index (κ2) is 11.1. The van der Waals surface area contributed by atoms with Crippen LogP contribution in [0.1, 0.15) is 55.6 Å². The van der Waals surface area contributed by atoms with Crippen LogP contribution < -0.4 is 16.4 Å². The number of amides is 1. The Hall–Kier alpha value is -4.51. The van der Waals surface area contributed by atoms with Crippen LogP contribution in [-0.4, -0.2) is 25.8 Å². The van der Waals surface area contributed by atoms with Crippen molar-refractivity contribution in [3.05, 3.63) is 105 Å². The van der Waals surface area contributed by atoms with E-state index in [2.05, 4.69) is 49.3 Å². The van der Waals surface area contributed by atoms with E-state index in [4.69, 9.17) is 5.73 Å². The van der Waals surface area contributed by atoms with Crippen molar-refractivity contribution in [3.8, 4) is 0 Å². The average Bonchev–Trinajstić information content (AvgIpc) is 3.41. The Morgan fingerprint density at radius 3 is 2.79 bits per heavy atom. The average molecular weight is 546 g/mol. The minimum atomic E-state index is -0.978. The molecule has 0 saturated carbocycles. The Morgan fingerprint density at radius 1 is 1.15 bits per heavy atom. The molecular formula is C28H25F2N7OS. The highest BCUT2D eigenvalue weighted by Gasteiger charge is 2.21. The zero-order valence-corrected chi connectivity index (χ0v) is 21.9.